The number of aromatic nitrogens is 1. The van der Waals surface area contributed by atoms with E-state index < -0.39 is 0 Å². The summed E-state index contributed by atoms with van der Waals surface area (Å²) < 4.78 is 0. The second-order valence-corrected chi connectivity index (χ2v) is 10.2. The molecular weight excluding hydrogens is 384 g/mol. The third kappa shape index (κ3) is 4.76. The van der Waals surface area contributed by atoms with Crippen LogP contribution in [0.3, 0.4) is 0 Å². The van der Waals surface area contributed by atoms with Gasteiger partial charge in [0.15, 0.2) is 5.13 Å². The second kappa shape index (κ2) is 9.02. The number of fused-ring (bicyclic) bond motifs is 1. The summed E-state index contributed by atoms with van der Waals surface area (Å²) in [6.07, 6.45) is 8.72. The molecule has 0 bridgehead atoms. The maximum atomic E-state index is 12.8. The summed E-state index contributed by atoms with van der Waals surface area (Å²) >= 11 is 1.76. The van der Waals surface area contributed by atoms with Gasteiger partial charge in [0.1, 0.15) is 0 Å². The highest BCUT2D eigenvalue weighted by Crippen LogP contribution is 2.35. The second-order valence-electron chi connectivity index (χ2n) is 9.12. The minimum absolute atomic E-state index is 0.0606. The quantitative estimate of drug-likeness (QED) is 0.816. The highest BCUT2D eigenvalue weighted by atomic mass is 32.1. The lowest BCUT2D eigenvalue weighted by Crippen LogP contribution is -2.49. The molecule has 2 amide bonds. The van der Waals surface area contributed by atoms with E-state index in [0.717, 1.165) is 63.4 Å². The van der Waals surface area contributed by atoms with Crippen LogP contribution >= 0.6 is 11.3 Å². The van der Waals surface area contributed by atoms with Gasteiger partial charge >= 0.3 is 0 Å². The smallest absolute Gasteiger partial charge is 0.225 e. The van der Waals surface area contributed by atoms with Crippen LogP contribution in [0.25, 0.3) is 0 Å². The first-order chi connectivity index (χ1) is 14.0. The fraction of sp³-hybridized carbons (Fsp3) is 0.773. The van der Waals surface area contributed by atoms with Crippen LogP contribution in [-0.2, 0) is 22.4 Å². The van der Waals surface area contributed by atoms with Crippen molar-refractivity contribution in [1.29, 1.82) is 0 Å². The Morgan fingerprint density at radius 3 is 2.48 bits per heavy atom. The molecule has 2 fully saturated rings. The molecule has 29 heavy (non-hydrogen) atoms. The molecule has 7 heteroatoms. The predicted octanol–water partition coefficient (Wildman–Crippen LogP) is 3.00. The summed E-state index contributed by atoms with van der Waals surface area (Å²) in [4.78, 5) is 35.4. The average Bonchev–Trinajstić information content (AvgIpc) is 3.17. The van der Waals surface area contributed by atoms with Crippen molar-refractivity contribution in [2.45, 2.75) is 71.3 Å². The van der Waals surface area contributed by atoms with E-state index in [1.54, 1.807) is 11.3 Å². The molecular formula is C22H34N4O2S. The number of hydrogen-bond donors (Lipinski definition) is 1. The SMILES string of the molecule is CC(C)C(=O)N1CCN(c2nc3c(s2)C[C@H](C(=O)NC2CCCCC2)CC3)CC1. The van der Waals surface area contributed by atoms with Gasteiger partial charge in [-0.3, -0.25) is 9.59 Å². The van der Waals surface area contributed by atoms with Gasteiger partial charge in [-0.2, -0.15) is 0 Å². The van der Waals surface area contributed by atoms with Crippen LogP contribution in [0.2, 0.25) is 0 Å². The Bertz CT molecular complexity index is 733. The predicted molar refractivity (Wildman–Crippen MR) is 116 cm³/mol. The Labute approximate surface area is 178 Å². The third-order valence-corrected chi connectivity index (χ3v) is 7.79. The number of anilines is 1. The number of carbonyl (C=O) groups excluding carboxylic acids is 2. The van der Waals surface area contributed by atoms with E-state index in [4.69, 9.17) is 4.98 Å². The first kappa shape index (κ1) is 20.6. The lowest BCUT2D eigenvalue weighted by atomic mass is 9.89. The molecule has 0 radical (unpaired) electrons. The Morgan fingerprint density at radius 2 is 1.79 bits per heavy atom. The van der Waals surface area contributed by atoms with Crippen LogP contribution in [-0.4, -0.2) is 53.9 Å². The van der Waals surface area contributed by atoms with Crippen LogP contribution in [0.15, 0.2) is 0 Å². The first-order valence-corrected chi connectivity index (χ1v) is 12.2. The zero-order chi connectivity index (χ0) is 20.4. The van der Waals surface area contributed by atoms with E-state index in [9.17, 15) is 9.59 Å². The van der Waals surface area contributed by atoms with Gasteiger partial charge < -0.3 is 15.1 Å². The monoisotopic (exact) mass is 418 g/mol. The van der Waals surface area contributed by atoms with Gasteiger partial charge in [-0.15, -0.1) is 11.3 Å². The standard InChI is InChI=1S/C22H34N4O2S/c1-15(2)21(28)25-10-12-26(13-11-25)22-24-18-9-8-16(14-19(18)29-22)20(27)23-17-6-4-3-5-7-17/h15-17H,3-14H2,1-2H3,(H,23,27)/t16-/m1/s1. The molecule has 0 spiro atoms. The summed E-state index contributed by atoms with van der Waals surface area (Å²) in [5.41, 5.74) is 1.19. The Morgan fingerprint density at radius 1 is 1.07 bits per heavy atom. The molecule has 1 N–H and O–H groups in total. The number of carbonyl (C=O) groups is 2. The lowest BCUT2D eigenvalue weighted by Gasteiger charge is -2.35. The number of thiazole rings is 1. The van der Waals surface area contributed by atoms with Gasteiger partial charge in [-0.05, 0) is 32.1 Å². The first-order valence-electron chi connectivity index (χ1n) is 11.3. The fourth-order valence-corrected chi connectivity index (χ4v) is 6.01. The molecule has 4 rings (SSSR count). The highest BCUT2D eigenvalue weighted by molar-refractivity contribution is 7.15. The number of amides is 2. The molecule has 0 aromatic carbocycles. The van der Waals surface area contributed by atoms with Gasteiger partial charge in [-0.25, -0.2) is 4.98 Å². The molecule has 1 aromatic rings. The lowest BCUT2D eigenvalue weighted by molar-refractivity contribution is -0.134. The van der Waals surface area contributed by atoms with Gasteiger partial charge in [-0.1, -0.05) is 33.1 Å². The van der Waals surface area contributed by atoms with Crippen molar-refractivity contribution in [3.05, 3.63) is 10.6 Å². The van der Waals surface area contributed by atoms with Gasteiger partial charge in [0.05, 0.1) is 5.69 Å². The van der Waals surface area contributed by atoms with Crippen molar-refractivity contribution < 1.29 is 9.59 Å². The zero-order valence-corrected chi connectivity index (χ0v) is 18.6. The molecule has 0 unspecified atom stereocenters. The van der Waals surface area contributed by atoms with Crippen LogP contribution in [0.4, 0.5) is 5.13 Å². The summed E-state index contributed by atoms with van der Waals surface area (Å²) in [6, 6.07) is 0.388. The number of aryl methyl sites for hydroxylation is 1. The van der Waals surface area contributed by atoms with E-state index in [0.29, 0.717) is 6.04 Å². The van der Waals surface area contributed by atoms with Crippen molar-refractivity contribution in [1.82, 2.24) is 15.2 Å². The van der Waals surface area contributed by atoms with Crippen molar-refractivity contribution in [3.63, 3.8) is 0 Å². The van der Waals surface area contributed by atoms with Gasteiger partial charge in [0.25, 0.3) is 0 Å². The molecule has 2 heterocycles. The number of nitrogens with one attached hydrogen (secondary N) is 1. The topological polar surface area (TPSA) is 65.5 Å². The van der Waals surface area contributed by atoms with E-state index in [1.807, 2.05) is 18.7 Å². The highest BCUT2D eigenvalue weighted by Gasteiger charge is 2.31. The van der Waals surface area contributed by atoms with Crippen molar-refractivity contribution in [2.75, 3.05) is 31.1 Å². The number of piperazine rings is 1. The maximum Gasteiger partial charge on any atom is 0.225 e. The Balaban J connectivity index is 1.33. The molecule has 1 saturated heterocycles. The molecule has 1 saturated carbocycles. The molecule has 160 valence electrons. The maximum absolute atomic E-state index is 12.8. The van der Waals surface area contributed by atoms with Crippen LogP contribution in [0.5, 0.6) is 0 Å². The molecule has 6 nitrogen and oxygen atoms in total. The Kier molecular flexibility index (Phi) is 6.42. The zero-order valence-electron chi connectivity index (χ0n) is 17.8. The van der Waals surface area contributed by atoms with Gasteiger partial charge in [0.2, 0.25) is 11.8 Å². The van der Waals surface area contributed by atoms with E-state index in [1.165, 1.54) is 29.8 Å². The summed E-state index contributed by atoms with van der Waals surface area (Å²) in [5.74, 6) is 0.650. The van der Waals surface area contributed by atoms with Gasteiger partial charge in [0, 0.05) is 48.9 Å². The fourth-order valence-electron chi connectivity index (χ4n) is 4.77. The summed E-state index contributed by atoms with van der Waals surface area (Å²) in [6.45, 7) is 7.16. The number of nitrogens with zero attached hydrogens (tertiary/aromatic N) is 3. The van der Waals surface area contributed by atoms with Crippen molar-refractivity contribution in [3.8, 4) is 0 Å². The average molecular weight is 419 g/mol. The van der Waals surface area contributed by atoms with Crippen LogP contribution in [0, 0.1) is 11.8 Å². The van der Waals surface area contributed by atoms with Crippen molar-refractivity contribution >= 4 is 28.3 Å². The van der Waals surface area contributed by atoms with E-state index in [2.05, 4.69) is 10.2 Å². The minimum Gasteiger partial charge on any atom is -0.353 e. The number of rotatable bonds is 4. The molecule has 3 aliphatic rings. The summed E-state index contributed by atoms with van der Waals surface area (Å²) in [5, 5.41) is 4.38. The third-order valence-electron chi connectivity index (χ3n) is 6.61. The van der Waals surface area contributed by atoms with Crippen molar-refractivity contribution in [2.24, 2.45) is 11.8 Å². The molecule has 1 aliphatic heterocycles. The van der Waals surface area contributed by atoms with Crippen LogP contribution < -0.4 is 10.2 Å². The minimum atomic E-state index is 0.0606. The molecule has 1 atom stereocenters. The number of hydrogen-bond acceptors (Lipinski definition) is 5. The normalized spacial score (nSPS) is 23.2. The molecule has 2 aliphatic carbocycles. The molecule has 1 aromatic heterocycles. The van der Waals surface area contributed by atoms with Crippen LogP contribution in [0.1, 0.15) is 62.9 Å². The Hall–Kier alpha value is -1.63. The summed E-state index contributed by atoms with van der Waals surface area (Å²) in [7, 11) is 0. The van der Waals surface area contributed by atoms with E-state index >= 15 is 0 Å². The van der Waals surface area contributed by atoms with E-state index in [-0.39, 0.29) is 23.7 Å². The largest absolute Gasteiger partial charge is 0.353 e.